The first-order valence-electron chi connectivity index (χ1n) is 6.26. The van der Waals surface area contributed by atoms with Crippen molar-refractivity contribution in [3.8, 4) is 0 Å². The van der Waals surface area contributed by atoms with Gasteiger partial charge in [0.2, 0.25) is 15.9 Å². The molecule has 1 amide bonds. The third-order valence-electron chi connectivity index (χ3n) is 2.92. The average molecular weight is 362 g/mol. The lowest BCUT2D eigenvalue weighted by Crippen LogP contribution is -2.32. The summed E-state index contributed by atoms with van der Waals surface area (Å²) in [5.74, 6) is -0.124. The van der Waals surface area contributed by atoms with Gasteiger partial charge in [-0.2, -0.15) is 0 Å². The molecular weight excluding hydrogens is 346 g/mol. The van der Waals surface area contributed by atoms with Crippen molar-refractivity contribution in [3.05, 3.63) is 22.2 Å². The average Bonchev–Trinajstić information content (AvgIpc) is 2.73. The molecule has 1 aliphatic rings. The van der Waals surface area contributed by atoms with Crippen LogP contribution in [0.25, 0.3) is 0 Å². The molecule has 110 valence electrons. The predicted molar refractivity (Wildman–Crippen MR) is 80.2 cm³/mol. The van der Waals surface area contributed by atoms with Crippen LogP contribution in [0.4, 0.5) is 5.69 Å². The highest BCUT2D eigenvalue weighted by Gasteiger charge is 2.24. The fraction of sp³-hybridized carbons (Fsp3) is 0.417. The van der Waals surface area contributed by atoms with Crippen LogP contribution in [-0.2, 0) is 21.2 Å². The van der Waals surface area contributed by atoms with Crippen molar-refractivity contribution in [3.63, 3.8) is 0 Å². The van der Waals surface area contributed by atoms with Crippen LogP contribution in [0.1, 0.15) is 12.5 Å². The van der Waals surface area contributed by atoms with Crippen molar-refractivity contribution in [1.29, 1.82) is 0 Å². The molecule has 1 aromatic carbocycles. The summed E-state index contributed by atoms with van der Waals surface area (Å²) in [6, 6.07) is 3.16. The Balaban J connectivity index is 2.20. The van der Waals surface area contributed by atoms with E-state index in [1.54, 1.807) is 6.07 Å². The number of rotatable bonds is 6. The summed E-state index contributed by atoms with van der Waals surface area (Å²) < 4.78 is 27.4. The standard InChI is InChI=1S/C12H16BrN3O3S/c1-2-14-3-4-15-20(18,19)11-5-8-6-12(17)16-10(8)7-9(11)13/h5,7,14-15H,2-4,6H2,1H3,(H,16,17). The number of hydrogen-bond donors (Lipinski definition) is 3. The van der Waals surface area contributed by atoms with Gasteiger partial charge in [0, 0.05) is 23.2 Å². The van der Waals surface area contributed by atoms with Gasteiger partial charge >= 0.3 is 0 Å². The molecule has 0 saturated heterocycles. The summed E-state index contributed by atoms with van der Waals surface area (Å²) in [6.45, 7) is 3.63. The molecule has 0 aromatic heterocycles. The first-order valence-corrected chi connectivity index (χ1v) is 8.54. The van der Waals surface area contributed by atoms with Gasteiger partial charge in [0.05, 0.1) is 11.3 Å². The largest absolute Gasteiger partial charge is 0.325 e. The highest BCUT2D eigenvalue weighted by Crippen LogP contribution is 2.32. The Hall–Kier alpha value is -0.960. The number of nitrogens with one attached hydrogen (secondary N) is 3. The number of likely N-dealkylation sites (N-methyl/N-ethyl adjacent to an activating group) is 1. The molecule has 0 atom stereocenters. The Labute approximate surface area is 126 Å². The van der Waals surface area contributed by atoms with E-state index >= 15 is 0 Å². The molecule has 0 unspecified atom stereocenters. The first-order chi connectivity index (χ1) is 9.44. The van der Waals surface area contributed by atoms with E-state index < -0.39 is 10.0 Å². The Morgan fingerprint density at radius 1 is 1.35 bits per heavy atom. The minimum absolute atomic E-state index is 0.124. The zero-order valence-electron chi connectivity index (χ0n) is 11.0. The number of sulfonamides is 1. The lowest BCUT2D eigenvalue weighted by atomic mass is 10.2. The van der Waals surface area contributed by atoms with Crippen molar-refractivity contribution < 1.29 is 13.2 Å². The monoisotopic (exact) mass is 361 g/mol. The van der Waals surface area contributed by atoms with Crippen LogP contribution < -0.4 is 15.4 Å². The van der Waals surface area contributed by atoms with Crippen LogP contribution >= 0.6 is 15.9 Å². The maximum absolute atomic E-state index is 12.2. The normalized spacial score (nSPS) is 14.2. The summed E-state index contributed by atoms with van der Waals surface area (Å²) >= 11 is 3.24. The number of fused-ring (bicyclic) bond motifs is 1. The molecule has 0 saturated carbocycles. The topological polar surface area (TPSA) is 87.3 Å². The van der Waals surface area contributed by atoms with Crippen molar-refractivity contribution in [2.45, 2.75) is 18.2 Å². The Kier molecular flexibility index (Phi) is 4.79. The second kappa shape index (κ2) is 6.21. The smallest absolute Gasteiger partial charge is 0.241 e. The summed E-state index contributed by atoms with van der Waals surface area (Å²) in [7, 11) is -3.59. The molecule has 0 fully saturated rings. The molecule has 0 bridgehead atoms. The van der Waals surface area contributed by atoms with Crippen LogP contribution in [-0.4, -0.2) is 34.0 Å². The lowest BCUT2D eigenvalue weighted by Gasteiger charge is -2.10. The van der Waals surface area contributed by atoms with Gasteiger partial charge in [0.15, 0.2) is 0 Å². The van der Waals surface area contributed by atoms with Gasteiger partial charge < -0.3 is 10.6 Å². The summed E-state index contributed by atoms with van der Waals surface area (Å²) in [4.78, 5) is 11.5. The Morgan fingerprint density at radius 2 is 2.10 bits per heavy atom. The third-order valence-corrected chi connectivity index (χ3v) is 5.34. The van der Waals surface area contributed by atoms with Gasteiger partial charge in [-0.15, -0.1) is 0 Å². The zero-order chi connectivity index (χ0) is 14.8. The molecular formula is C12H16BrN3O3S. The minimum atomic E-state index is -3.59. The number of carbonyl (C=O) groups is 1. The highest BCUT2D eigenvalue weighted by molar-refractivity contribution is 9.10. The van der Waals surface area contributed by atoms with Crippen molar-refractivity contribution in [2.24, 2.45) is 0 Å². The van der Waals surface area contributed by atoms with E-state index in [1.807, 2.05) is 6.92 Å². The number of anilines is 1. The predicted octanol–water partition coefficient (Wildman–Crippen LogP) is 0.832. The first kappa shape index (κ1) is 15.4. The molecule has 1 heterocycles. The summed E-state index contributed by atoms with van der Waals surface area (Å²) in [5, 5.41) is 5.72. The SMILES string of the molecule is CCNCCNS(=O)(=O)c1cc2c(cc1Br)NC(=O)C2. The fourth-order valence-corrected chi connectivity index (χ4v) is 4.08. The van der Waals surface area contributed by atoms with Crippen LogP contribution in [0, 0.1) is 0 Å². The van der Waals surface area contributed by atoms with Crippen LogP contribution in [0.15, 0.2) is 21.5 Å². The van der Waals surface area contributed by atoms with E-state index in [2.05, 4.69) is 31.3 Å². The van der Waals surface area contributed by atoms with Gasteiger partial charge in [0.25, 0.3) is 0 Å². The second-order valence-electron chi connectivity index (χ2n) is 4.42. The second-order valence-corrected chi connectivity index (χ2v) is 7.01. The highest BCUT2D eigenvalue weighted by atomic mass is 79.9. The molecule has 3 N–H and O–H groups in total. The van der Waals surface area contributed by atoms with E-state index in [0.29, 0.717) is 28.8 Å². The molecule has 1 aliphatic heterocycles. The van der Waals surface area contributed by atoms with Crippen molar-refractivity contribution in [1.82, 2.24) is 10.0 Å². The Morgan fingerprint density at radius 3 is 2.80 bits per heavy atom. The van der Waals surface area contributed by atoms with E-state index in [4.69, 9.17) is 0 Å². The minimum Gasteiger partial charge on any atom is -0.325 e. The van der Waals surface area contributed by atoms with Gasteiger partial charge in [-0.05, 0) is 40.2 Å². The van der Waals surface area contributed by atoms with Gasteiger partial charge in [0.1, 0.15) is 0 Å². The van der Waals surface area contributed by atoms with E-state index in [0.717, 1.165) is 6.54 Å². The molecule has 0 radical (unpaired) electrons. The number of carbonyl (C=O) groups excluding carboxylic acids is 1. The maximum Gasteiger partial charge on any atom is 0.241 e. The number of hydrogen-bond acceptors (Lipinski definition) is 4. The van der Waals surface area contributed by atoms with E-state index in [1.165, 1.54) is 6.07 Å². The van der Waals surface area contributed by atoms with Crippen LogP contribution in [0.5, 0.6) is 0 Å². The Bertz CT molecular complexity index is 631. The maximum atomic E-state index is 12.2. The lowest BCUT2D eigenvalue weighted by molar-refractivity contribution is -0.115. The number of halogens is 1. The third kappa shape index (κ3) is 3.38. The molecule has 2 rings (SSSR count). The number of amides is 1. The molecule has 8 heteroatoms. The van der Waals surface area contributed by atoms with Crippen LogP contribution in [0.2, 0.25) is 0 Å². The van der Waals surface area contributed by atoms with Crippen molar-refractivity contribution >= 4 is 37.5 Å². The van der Waals surface area contributed by atoms with E-state index in [-0.39, 0.29) is 17.2 Å². The summed E-state index contributed by atoms with van der Waals surface area (Å²) in [6.07, 6.45) is 0.211. The molecule has 0 spiro atoms. The van der Waals surface area contributed by atoms with E-state index in [9.17, 15) is 13.2 Å². The molecule has 6 nitrogen and oxygen atoms in total. The van der Waals surface area contributed by atoms with Gasteiger partial charge in [-0.3, -0.25) is 4.79 Å². The number of benzene rings is 1. The summed E-state index contributed by atoms with van der Waals surface area (Å²) in [5.41, 5.74) is 1.36. The molecule has 0 aliphatic carbocycles. The van der Waals surface area contributed by atoms with Gasteiger partial charge in [-0.25, -0.2) is 13.1 Å². The quantitative estimate of drug-likeness (QED) is 0.655. The van der Waals surface area contributed by atoms with Crippen LogP contribution in [0.3, 0.4) is 0 Å². The van der Waals surface area contributed by atoms with Crippen molar-refractivity contribution in [2.75, 3.05) is 25.0 Å². The zero-order valence-corrected chi connectivity index (χ0v) is 13.4. The fourth-order valence-electron chi connectivity index (χ4n) is 1.96. The molecule has 1 aromatic rings. The molecule has 20 heavy (non-hydrogen) atoms. The van der Waals surface area contributed by atoms with Gasteiger partial charge in [-0.1, -0.05) is 6.92 Å².